The number of aliphatic hydroxyl groups excluding tert-OH is 2. The van der Waals surface area contributed by atoms with Crippen LogP contribution in [0.15, 0.2) is 48.5 Å². The lowest BCUT2D eigenvalue weighted by atomic mass is 9.85. The van der Waals surface area contributed by atoms with Gasteiger partial charge in [-0.2, -0.15) is 0 Å². The fourth-order valence-electron chi connectivity index (χ4n) is 9.18. The van der Waals surface area contributed by atoms with E-state index < -0.39 is 70.8 Å². The zero-order valence-corrected chi connectivity index (χ0v) is 46.0. The highest BCUT2D eigenvalue weighted by Crippen LogP contribution is 2.33. The Morgan fingerprint density at radius 3 is 1.53 bits per heavy atom. The molecule has 6 rings (SSSR count). The molecule has 0 bridgehead atoms. The second-order valence-corrected chi connectivity index (χ2v) is 19.6. The number of nitrogens with two attached hydrogens (primary N) is 2. The van der Waals surface area contributed by atoms with E-state index in [-0.39, 0.29) is 51.0 Å². The first kappa shape index (κ1) is 65.4. The fraction of sp³-hybridized carbons (Fsp3) is 0.636. The Bertz CT molecular complexity index is 2080. The summed E-state index contributed by atoms with van der Waals surface area (Å²) in [5.41, 5.74) is 14.9. The van der Waals surface area contributed by atoms with Gasteiger partial charge in [-0.3, -0.25) is 24.0 Å². The molecule has 2 aromatic rings. The molecule has 0 saturated carbocycles. The van der Waals surface area contributed by atoms with Gasteiger partial charge in [0.05, 0.1) is 38.3 Å². The van der Waals surface area contributed by atoms with E-state index in [4.69, 9.17) is 31.2 Å². The summed E-state index contributed by atoms with van der Waals surface area (Å²) in [5.74, 6) is -2.19. The molecule has 2 saturated heterocycles. The van der Waals surface area contributed by atoms with E-state index in [2.05, 4.69) is 63.8 Å². The second-order valence-electron chi connectivity index (χ2n) is 19.6. The number of ether oxygens (including phenoxy) is 2. The highest BCUT2D eigenvalue weighted by molar-refractivity contribution is 5.94. The Balaban J connectivity index is 0.00000112. The number of carbonyl (C=O) groups is 6. The number of rotatable bonds is 12. The van der Waals surface area contributed by atoms with E-state index in [1.807, 2.05) is 73.7 Å². The zero-order chi connectivity index (χ0) is 55.5. The normalized spacial score (nSPS) is 21.2. The van der Waals surface area contributed by atoms with E-state index in [1.165, 1.54) is 45.8 Å². The maximum atomic E-state index is 14.1. The average Bonchev–Trinajstić information content (AvgIpc) is 4.04. The maximum Gasteiger partial charge on any atom is 0.246 e. The lowest BCUT2D eigenvalue weighted by molar-refractivity contribution is -0.144. The number of hydrogen-bond acceptors (Lipinski definition) is 13. The number of likely N-dealkylation sites (tertiary alicyclic amines) is 2. The van der Waals surface area contributed by atoms with Gasteiger partial charge in [0.2, 0.25) is 29.5 Å². The third-order valence-corrected chi connectivity index (χ3v) is 12.7. The number of aliphatic hydroxyl groups is 2. The van der Waals surface area contributed by atoms with E-state index >= 15 is 0 Å². The van der Waals surface area contributed by atoms with Crippen molar-refractivity contribution in [1.29, 1.82) is 0 Å². The van der Waals surface area contributed by atoms with Crippen molar-refractivity contribution >= 4 is 35.8 Å². The van der Waals surface area contributed by atoms with Crippen molar-refractivity contribution in [1.82, 2.24) is 31.1 Å². The molecule has 73 heavy (non-hydrogen) atoms. The van der Waals surface area contributed by atoms with Crippen molar-refractivity contribution in [3.8, 4) is 12.2 Å². The van der Waals surface area contributed by atoms with Crippen LogP contribution >= 0.6 is 0 Å². The minimum Gasteiger partial charge on any atom is -0.439 e. The largest absolute Gasteiger partial charge is 0.439 e. The summed E-state index contributed by atoms with van der Waals surface area (Å²) in [6.45, 7) is 18.4. The molecule has 10 N–H and O–H groups in total. The van der Waals surface area contributed by atoms with Crippen LogP contribution in [0.4, 0.5) is 0 Å². The molecule has 2 aromatic carbocycles. The van der Waals surface area contributed by atoms with Gasteiger partial charge in [-0.05, 0) is 78.7 Å². The zero-order valence-electron chi connectivity index (χ0n) is 46.0. The summed E-state index contributed by atoms with van der Waals surface area (Å²) in [5, 5.41) is 25.9. The molecule has 2 aliphatic carbocycles. The SMILES string of the molecule is CC.CC.CC(C)(C)C(NC(=O)CN)C(=O)N1CC(OC#COC2CC(C(=O)NC3CCCc4ccccc43)N(C(=O)C(NC(=O)CN)C(C)(C)C)C2)CC1C=O.CNC1CCCc2ccccc21.CO.CO. The number of nitrogens with zero attached hydrogens (tertiary/aromatic N) is 2. The summed E-state index contributed by atoms with van der Waals surface area (Å²) >= 11 is 0. The third kappa shape index (κ3) is 19.3. The molecule has 5 amide bonds. The van der Waals surface area contributed by atoms with Crippen LogP contribution in [-0.2, 0) is 51.1 Å². The van der Waals surface area contributed by atoms with Gasteiger partial charge in [0.15, 0.2) is 12.2 Å². The molecule has 8 unspecified atom stereocenters. The maximum absolute atomic E-state index is 14.1. The van der Waals surface area contributed by atoms with Crippen LogP contribution < -0.4 is 32.7 Å². The summed E-state index contributed by atoms with van der Waals surface area (Å²) in [6.07, 6.45) is 11.2. The van der Waals surface area contributed by atoms with Crippen molar-refractivity contribution in [2.45, 2.75) is 169 Å². The monoisotopic (exact) mass is 1020 g/mol. The molecule has 4 aliphatic rings. The van der Waals surface area contributed by atoms with Crippen molar-refractivity contribution < 1.29 is 48.5 Å². The van der Waals surface area contributed by atoms with Crippen molar-refractivity contribution in [3.63, 3.8) is 0 Å². The molecular weight excluding hydrogens is 933 g/mol. The lowest BCUT2D eigenvalue weighted by Crippen LogP contribution is -2.58. The number of hydrogen-bond donors (Lipinski definition) is 8. The molecule has 2 fully saturated rings. The third-order valence-electron chi connectivity index (χ3n) is 12.7. The van der Waals surface area contributed by atoms with Crippen LogP contribution in [-0.4, -0.2) is 140 Å². The Hall–Kier alpha value is -5.58. The minimum absolute atomic E-state index is 0.0273. The minimum atomic E-state index is -0.960. The van der Waals surface area contributed by atoms with Crippen LogP contribution in [0.5, 0.6) is 0 Å². The van der Waals surface area contributed by atoms with Gasteiger partial charge in [-0.25, -0.2) is 0 Å². The van der Waals surface area contributed by atoms with Crippen LogP contribution in [0.2, 0.25) is 0 Å². The van der Waals surface area contributed by atoms with Gasteiger partial charge in [0.25, 0.3) is 0 Å². The van der Waals surface area contributed by atoms with Gasteiger partial charge >= 0.3 is 0 Å². The summed E-state index contributed by atoms with van der Waals surface area (Å²) < 4.78 is 11.5. The number of carbonyl (C=O) groups excluding carboxylic acids is 6. The summed E-state index contributed by atoms with van der Waals surface area (Å²) in [6, 6.07) is 13.6. The van der Waals surface area contributed by atoms with E-state index in [0.717, 1.165) is 39.0 Å². The molecule has 2 aliphatic heterocycles. The average molecular weight is 1020 g/mol. The number of aryl methyl sites for hydroxylation is 2. The lowest BCUT2D eigenvalue weighted by Gasteiger charge is -2.36. The van der Waals surface area contributed by atoms with Crippen LogP contribution in [0.1, 0.15) is 142 Å². The standard InChI is InChI=1S/C38H55N7O8.C11H15N.2C2H6.2CH4O/c1-37(2,3)32(42-30(47)18-39)35(50)44-20-25(16-24(44)22-46)52-14-15-53-26-17-29(34(49)41-28-13-9-11-23-10-7-8-12-27(23)28)45(21-26)36(51)33(38(4,5)6)43-31(48)19-40;1-12-11-8-4-6-9-5-2-3-7-10(9)11;4*1-2/h7-8,10,12,22,24-26,28-29,32-33H,9,11,13,16-21,39-40H2,1-6H3,(H,41,49)(H,42,47)(H,43,48);2-3,5,7,11-12H,4,6,8H2,1H3;2*1-2H3;2*2H,1H3. The molecule has 0 spiro atoms. The van der Waals surface area contributed by atoms with E-state index in [1.54, 1.807) is 20.8 Å². The number of benzene rings is 2. The van der Waals surface area contributed by atoms with Gasteiger partial charge in [-0.1, -0.05) is 118 Å². The highest BCUT2D eigenvalue weighted by atomic mass is 16.5. The number of fused-ring (bicyclic) bond motifs is 2. The number of aldehydes is 1. The first-order valence-electron chi connectivity index (χ1n) is 25.8. The highest BCUT2D eigenvalue weighted by Gasteiger charge is 2.47. The molecule has 18 heteroatoms. The van der Waals surface area contributed by atoms with Gasteiger partial charge in [0, 0.05) is 33.1 Å². The van der Waals surface area contributed by atoms with Crippen molar-refractivity contribution in [2.24, 2.45) is 22.3 Å². The van der Waals surface area contributed by atoms with Gasteiger partial charge in [-0.15, -0.1) is 0 Å². The smallest absolute Gasteiger partial charge is 0.246 e. The molecule has 2 heterocycles. The van der Waals surface area contributed by atoms with Crippen LogP contribution in [0.3, 0.4) is 0 Å². The van der Waals surface area contributed by atoms with E-state index in [9.17, 15) is 28.8 Å². The van der Waals surface area contributed by atoms with E-state index in [0.29, 0.717) is 12.3 Å². The molecule has 0 radical (unpaired) electrons. The first-order chi connectivity index (χ1) is 34.9. The van der Waals surface area contributed by atoms with Gasteiger partial charge in [0.1, 0.15) is 36.6 Å². The molecule has 410 valence electrons. The first-order valence-corrected chi connectivity index (χ1v) is 25.8. The Labute approximate surface area is 435 Å². The molecule has 18 nitrogen and oxygen atoms in total. The van der Waals surface area contributed by atoms with Gasteiger partial charge < -0.3 is 67.0 Å². The van der Waals surface area contributed by atoms with Crippen molar-refractivity contribution in [2.75, 3.05) is 47.4 Å². The second kappa shape index (κ2) is 33.3. The topological polar surface area (TPSA) is 268 Å². The van der Waals surface area contributed by atoms with Crippen molar-refractivity contribution in [3.05, 3.63) is 70.8 Å². The van der Waals surface area contributed by atoms with Crippen LogP contribution in [0, 0.1) is 23.0 Å². The van der Waals surface area contributed by atoms with Crippen LogP contribution in [0.25, 0.3) is 0 Å². The predicted octanol–water partition coefficient (Wildman–Crippen LogP) is 3.80. The summed E-state index contributed by atoms with van der Waals surface area (Å²) in [7, 11) is 4.05. The molecular formula is C55H90N8O10. The Morgan fingerprint density at radius 1 is 0.685 bits per heavy atom. The number of amides is 5. The Morgan fingerprint density at radius 2 is 1.10 bits per heavy atom. The molecule has 0 aromatic heterocycles. The Kier molecular flexibility index (Phi) is 29.8. The quantitative estimate of drug-likeness (QED) is 0.111. The fourth-order valence-corrected chi connectivity index (χ4v) is 9.18. The predicted molar refractivity (Wildman–Crippen MR) is 285 cm³/mol. The molecule has 8 atom stereocenters. The summed E-state index contributed by atoms with van der Waals surface area (Å²) in [4.78, 5) is 80.8. The number of nitrogens with one attached hydrogen (secondary N) is 4.